The predicted octanol–water partition coefficient (Wildman–Crippen LogP) is 0.467. The van der Waals surface area contributed by atoms with Crippen LogP contribution >= 0.6 is 0 Å². The number of hydrogen-bond donors (Lipinski definition) is 3. The highest BCUT2D eigenvalue weighted by atomic mass is 32.2. The molecular formula is C9H18N4O3S. The van der Waals surface area contributed by atoms with E-state index >= 15 is 0 Å². The summed E-state index contributed by atoms with van der Waals surface area (Å²) in [6.07, 6.45) is 0.00268. The summed E-state index contributed by atoms with van der Waals surface area (Å²) in [6, 6.07) is 0. The van der Waals surface area contributed by atoms with Crippen molar-refractivity contribution in [2.75, 3.05) is 22.8 Å². The number of rotatable bonds is 6. The summed E-state index contributed by atoms with van der Waals surface area (Å²) < 4.78 is 30.8. The van der Waals surface area contributed by atoms with Crippen molar-refractivity contribution < 1.29 is 13.2 Å². The van der Waals surface area contributed by atoms with Gasteiger partial charge in [0, 0.05) is 0 Å². The Balaban J connectivity index is 2.58. The van der Waals surface area contributed by atoms with Crippen molar-refractivity contribution in [3.8, 4) is 0 Å². The first-order chi connectivity index (χ1) is 7.82. The zero-order valence-electron chi connectivity index (χ0n) is 10.1. The SMILES string of the molecule is Cc1[nH]nc(NS(=O)(=O)CCOC(C)C)c1N. The lowest BCUT2D eigenvalue weighted by atomic mass is 10.4. The van der Waals surface area contributed by atoms with Crippen LogP contribution in [0.5, 0.6) is 0 Å². The zero-order chi connectivity index (χ0) is 13.1. The number of sulfonamides is 1. The van der Waals surface area contributed by atoms with Crippen LogP contribution in [0, 0.1) is 6.92 Å². The van der Waals surface area contributed by atoms with Crippen molar-refractivity contribution in [1.29, 1.82) is 0 Å². The number of aryl methyl sites for hydroxylation is 1. The Morgan fingerprint density at radius 1 is 1.53 bits per heavy atom. The van der Waals surface area contributed by atoms with Crippen molar-refractivity contribution in [2.24, 2.45) is 0 Å². The van der Waals surface area contributed by atoms with Gasteiger partial charge in [-0.2, -0.15) is 5.10 Å². The van der Waals surface area contributed by atoms with Gasteiger partial charge >= 0.3 is 0 Å². The third kappa shape index (κ3) is 4.23. The van der Waals surface area contributed by atoms with Gasteiger partial charge in [-0.15, -0.1) is 0 Å². The second-order valence-electron chi connectivity index (χ2n) is 3.95. The van der Waals surface area contributed by atoms with E-state index in [-0.39, 0.29) is 24.3 Å². The molecule has 1 aromatic heterocycles. The molecule has 0 saturated heterocycles. The number of aromatic amines is 1. The van der Waals surface area contributed by atoms with E-state index in [4.69, 9.17) is 10.5 Å². The lowest BCUT2D eigenvalue weighted by Crippen LogP contribution is -2.22. The third-order valence-corrected chi connectivity index (χ3v) is 3.26. The van der Waals surface area contributed by atoms with Crippen molar-refractivity contribution in [1.82, 2.24) is 10.2 Å². The molecule has 0 saturated carbocycles. The molecule has 0 radical (unpaired) electrons. The van der Waals surface area contributed by atoms with Crippen LogP contribution < -0.4 is 10.5 Å². The van der Waals surface area contributed by atoms with Gasteiger partial charge in [-0.25, -0.2) is 8.42 Å². The van der Waals surface area contributed by atoms with Crippen molar-refractivity contribution in [3.05, 3.63) is 5.69 Å². The number of ether oxygens (including phenoxy) is 1. The van der Waals surface area contributed by atoms with Crippen LogP contribution in [0.25, 0.3) is 0 Å². The van der Waals surface area contributed by atoms with Crippen molar-refractivity contribution >= 4 is 21.5 Å². The highest BCUT2D eigenvalue weighted by Crippen LogP contribution is 2.19. The van der Waals surface area contributed by atoms with Crippen LogP contribution in [0.15, 0.2) is 0 Å². The molecule has 1 rings (SSSR count). The molecule has 0 fully saturated rings. The molecule has 0 unspecified atom stereocenters. The lowest BCUT2D eigenvalue weighted by Gasteiger charge is -2.09. The average molecular weight is 262 g/mol. The zero-order valence-corrected chi connectivity index (χ0v) is 11.0. The smallest absolute Gasteiger partial charge is 0.236 e. The van der Waals surface area contributed by atoms with Gasteiger partial charge in [-0.3, -0.25) is 9.82 Å². The number of nitrogens with one attached hydrogen (secondary N) is 2. The Labute approximate surface area is 101 Å². The van der Waals surface area contributed by atoms with E-state index in [9.17, 15) is 8.42 Å². The fourth-order valence-corrected chi connectivity index (χ4v) is 1.98. The fourth-order valence-electron chi connectivity index (χ4n) is 1.11. The molecule has 0 aliphatic heterocycles. The molecule has 1 aromatic rings. The van der Waals surface area contributed by atoms with E-state index < -0.39 is 10.0 Å². The monoisotopic (exact) mass is 262 g/mol. The molecule has 1 heterocycles. The van der Waals surface area contributed by atoms with Crippen LogP contribution in [-0.4, -0.2) is 37.1 Å². The topological polar surface area (TPSA) is 110 Å². The van der Waals surface area contributed by atoms with Gasteiger partial charge < -0.3 is 10.5 Å². The number of hydrogen-bond acceptors (Lipinski definition) is 5. The summed E-state index contributed by atoms with van der Waals surface area (Å²) in [5, 5.41) is 6.36. The normalized spacial score (nSPS) is 12.0. The van der Waals surface area contributed by atoms with Gasteiger partial charge in [0.25, 0.3) is 0 Å². The summed E-state index contributed by atoms with van der Waals surface area (Å²) in [6.45, 7) is 5.53. The molecule has 0 bridgehead atoms. The highest BCUT2D eigenvalue weighted by molar-refractivity contribution is 7.92. The lowest BCUT2D eigenvalue weighted by molar-refractivity contribution is 0.0913. The maximum Gasteiger partial charge on any atom is 0.236 e. The molecule has 98 valence electrons. The first-order valence-corrected chi connectivity index (χ1v) is 6.89. The number of nitrogen functional groups attached to an aromatic ring is 1. The quantitative estimate of drug-likeness (QED) is 0.690. The van der Waals surface area contributed by atoms with Crippen LogP contribution in [0.3, 0.4) is 0 Å². The number of anilines is 2. The van der Waals surface area contributed by atoms with Crippen LogP contribution in [0.1, 0.15) is 19.5 Å². The van der Waals surface area contributed by atoms with Gasteiger partial charge in [-0.05, 0) is 20.8 Å². The number of aromatic nitrogens is 2. The maximum absolute atomic E-state index is 11.6. The number of nitrogens with two attached hydrogens (primary N) is 1. The molecule has 7 nitrogen and oxygen atoms in total. The van der Waals surface area contributed by atoms with E-state index in [0.717, 1.165) is 0 Å². The van der Waals surface area contributed by atoms with Gasteiger partial charge in [0.15, 0.2) is 5.82 Å². The third-order valence-electron chi connectivity index (χ3n) is 2.05. The summed E-state index contributed by atoms with van der Waals surface area (Å²) in [5.41, 5.74) is 6.56. The largest absolute Gasteiger partial charge is 0.394 e. The van der Waals surface area contributed by atoms with E-state index in [1.807, 2.05) is 13.8 Å². The van der Waals surface area contributed by atoms with E-state index in [1.54, 1.807) is 6.92 Å². The van der Waals surface area contributed by atoms with Crippen molar-refractivity contribution in [2.45, 2.75) is 26.9 Å². The summed E-state index contributed by atoms with van der Waals surface area (Å²) in [5.74, 6) is 0.00308. The number of H-pyrrole nitrogens is 1. The Bertz CT molecular complexity index is 467. The Morgan fingerprint density at radius 3 is 2.65 bits per heavy atom. The molecule has 0 aliphatic rings. The molecule has 0 aliphatic carbocycles. The molecule has 0 amide bonds. The molecule has 0 atom stereocenters. The van der Waals surface area contributed by atoms with Gasteiger partial charge in [0.05, 0.1) is 29.8 Å². The first kappa shape index (κ1) is 13.8. The second-order valence-corrected chi connectivity index (χ2v) is 5.79. The van der Waals surface area contributed by atoms with Gasteiger partial charge in [0.2, 0.25) is 10.0 Å². The summed E-state index contributed by atoms with van der Waals surface area (Å²) in [4.78, 5) is 0. The molecule has 17 heavy (non-hydrogen) atoms. The van der Waals surface area contributed by atoms with Crippen LogP contribution in [-0.2, 0) is 14.8 Å². The number of nitrogens with zero attached hydrogens (tertiary/aromatic N) is 1. The standard InChI is InChI=1S/C9H18N4O3S/c1-6(2)16-4-5-17(14,15)13-9-8(10)7(3)11-12-9/h6H,4-5,10H2,1-3H3,(H2,11,12,13). The van der Waals surface area contributed by atoms with Crippen molar-refractivity contribution in [3.63, 3.8) is 0 Å². The summed E-state index contributed by atoms with van der Waals surface area (Å²) >= 11 is 0. The van der Waals surface area contributed by atoms with E-state index in [1.165, 1.54) is 0 Å². The minimum Gasteiger partial charge on any atom is -0.394 e. The van der Waals surface area contributed by atoms with E-state index in [0.29, 0.717) is 11.4 Å². The minimum absolute atomic E-state index is 0.00268. The highest BCUT2D eigenvalue weighted by Gasteiger charge is 2.15. The first-order valence-electron chi connectivity index (χ1n) is 5.24. The van der Waals surface area contributed by atoms with E-state index in [2.05, 4.69) is 14.9 Å². The Morgan fingerprint density at radius 2 is 2.18 bits per heavy atom. The molecule has 4 N–H and O–H groups in total. The average Bonchev–Trinajstić information content (AvgIpc) is 2.48. The second kappa shape index (κ2) is 5.37. The van der Waals surface area contributed by atoms with Crippen LogP contribution in [0.2, 0.25) is 0 Å². The molecule has 0 spiro atoms. The molecule has 8 heteroatoms. The predicted molar refractivity (Wildman–Crippen MR) is 66.2 cm³/mol. The fraction of sp³-hybridized carbons (Fsp3) is 0.667. The van der Waals surface area contributed by atoms with Gasteiger partial charge in [-0.1, -0.05) is 0 Å². The minimum atomic E-state index is -3.48. The Kier molecular flexibility index (Phi) is 4.35. The summed E-state index contributed by atoms with van der Waals surface area (Å²) in [7, 11) is -3.48. The van der Waals surface area contributed by atoms with Crippen LogP contribution in [0.4, 0.5) is 11.5 Å². The maximum atomic E-state index is 11.6. The molecule has 0 aromatic carbocycles. The Hall–Kier alpha value is -1.28. The molecular weight excluding hydrogens is 244 g/mol. The van der Waals surface area contributed by atoms with Gasteiger partial charge in [0.1, 0.15) is 0 Å².